The SMILES string of the molecule is CCCC1CC(NCC(C)(C)C)CN(C(C)C)C1. The summed E-state index contributed by atoms with van der Waals surface area (Å²) in [6.07, 6.45) is 4.08. The number of nitrogens with zero attached hydrogens (tertiary/aromatic N) is 1. The van der Waals surface area contributed by atoms with E-state index in [-0.39, 0.29) is 0 Å². The van der Waals surface area contributed by atoms with E-state index in [0.717, 1.165) is 12.5 Å². The van der Waals surface area contributed by atoms with E-state index in [9.17, 15) is 0 Å². The summed E-state index contributed by atoms with van der Waals surface area (Å²) in [4.78, 5) is 2.66. The lowest BCUT2D eigenvalue weighted by atomic mass is 9.88. The molecule has 0 radical (unpaired) electrons. The smallest absolute Gasteiger partial charge is 0.0198 e. The highest BCUT2D eigenvalue weighted by Crippen LogP contribution is 2.23. The molecule has 1 heterocycles. The molecular formula is C16H34N2. The van der Waals surface area contributed by atoms with Crippen LogP contribution in [0.3, 0.4) is 0 Å². The van der Waals surface area contributed by atoms with Crippen LogP contribution in [0.2, 0.25) is 0 Å². The highest BCUT2D eigenvalue weighted by atomic mass is 15.2. The monoisotopic (exact) mass is 254 g/mol. The van der Waals surface area contributed by atoms with Crippen LogP contribution in [-0.4, -0.2) is 36.6 Å². The Morgan fingerprint density at radius 3 is 2.39 bits per heavy atom. The fraction of sp³-hybridized carbons (Fsp3) is 1.00. The van der Waals surface area contributed by atoms with Gasteiger partial charge in [-0.1, -0.05) is 34.1 Å². The van der Waals surface area contributed by atoms with Crippen molar-refractivity contribution in [3.05, 3.63) is 0 Å². The molecule has 0 bridgehead atoms. The molecule has 2 atom stereocenters. The van der Waals surface area contributed by atoms with Gasteiger partial charge in [0.25, 0.3) is 0 Å². The second-order valence-corrected chi connectivity index (χ2v) is 7.58. The van der Waals surface area contributed by atoms with Crippen molar-refractivity contribution in [1.82, 2.24) is 10.2 Å². The summed E-state index contributed by atoms with van der Waals surface area (Å²) in [7, 11) is 0. The molecule has 1 fully saturated rings. The summed E-state index contributed by atoms with van der Waals surface area (Å²) >= 11 is 0. The average molecular weight is 254 g/mol. The number of hydrogen-bond acceptors (Lipinski definition) is 2. The zero-order chi connectivity index (χ0) is 13.8. The zero-order valence-electron chi connectivity index (χ0n) is 13.4. The van der Waals surface area contributed by atoms with E-state index >= 15 is 0 Å². The minimum absolute atomic E-state index is 0.389. The molecule has 2 nitrogen and oxygen atoms in total. The molecular weight excluding hydrogens is 220 g/mol. The first-order chi connectivity index (χ1) is 8.31. The Bertz CT molecular complexity index is 230. The quantitative estimate of drug-likeness (QED) is 0.807. The van der Waals surface area contributed by atoms with E-state index < -0.39 is 0 Å². The highest BCUT2D eigenvalue weighted by Gasteiger charge is 2.28. The topological polar surface area (TPSA) is 15.3 Å². The van der Waals surface area contributed by atoms with Crippen LogP contribution >= 0.6 is 0 Å². The molecule has 1 saturated heterocycles. The van der Waals surface area contributed by atoms with Crippen molar-refractivity contribution >= 4 is 0 Å². The second-order valence-electron chi connectivity index (χ2n) is 7.58. The minimum atomic E-state index is 0.389. The average Bonchev–Trinajstić information content (AvgIpc) is 2.25. The van der Waals surface area contributed by atoms with Crippen LogP contribution in [0.1, 0.15) is 60.8 Å². The first-order valence-electron chi connectivity index (χ1n) is 7.79. The molecule has 0 spiro atoms. The number of rotatable bonds is 5. The predicted molar refractivity (Wildman–Crippen MR) is 81.0 cm³/mol. The molecule has 0 aliphatic carbocycles. The first kappa shape index (κ1) is 16.0. The molecule has 2 unspecified atom stereocenters. The number of hydrogen-bond donors (Lipinski definition) is 1. The Morgan fingerprint density at radius 2 is 1.89 bits per heavy atom. The van der Waals surface area contributed by atoms with Crippen molar-refractivity contribution in [2.75, 3.05) is 19.6 Å². The van der Waals surface area contributed by atoms with Gasteiger partial charge in [-0.25, -0.2) is 0 Å². The Labute approximate surface area is 115 Å². The van der Waals surface area contributed by atoms with Crippen LogP contribution in [0.4, 0.5) is 0 Å². The standard InChI is InChI=1S/C16H34N2/c1-7-8-14-9-15(17-12-16(4,5)6)11-18(10-14)13(2)3/h13-15,17H,7-12H2,1-6H3. The molecule has 108 valence electrons. The molecule has 1 rings (SSSR count). The fourth-order valence-electron chi connectivity index (χ4n) is 2.88. The third-order valence-electron chi connectivity index (χ3n) is 3.91. The molecule has 0 aromatic rings. The third kappa shape index (κ3) is 5.71. The lowest BCUT2D eigenvalue weighted by Gasteiger charge is -2.41. The lowest BCUT2D eigenvalue weighted by Crippen LogP contribution is -2.52. The van der Waals surface area contributed by atoms with Gasteiger partial charge < -0.3 is 5.32 Å². The van der Waals surface area contributed by atoms with Crippen molar-refractivity contribution in [2.24, 2.45) is 11.3 Å². The van der Waals surface area contributed by atoms with Gasteiger partial charge in [0.05, 0.1) is 0 Å². The maximum absolute atomic E-state index is 3.79. The Kier molecular flexibility index (Phi) is 6.13. The Morgan fingerprint density at radius 1 is 1.22 bits per heavy atom. The van der Waals surface area contributed by atoms with Gasteiger partial charge in [0.1, 0.15) is 0 Å². The molecule has 1 aliphatic heterocycles. The largest absolute Gasteiger partial charge is 0.312 e. The van der Waals surface area contributed by atoms with Crippen molar-refractivity contribution in [1.29, 1.82) is 0 Å². The van der Waals surface area contributed by atoms with Gasteiger partial charge in [-0.2, -0.15) is 0 Å². The van der Waals surface area contributed by atoms with Crippen molar-refractivity contribution in [2.45, 2.75) is 72.9 Å². The van der Waals surface area contributed by atoms with Gasteiger partial charge in [-0.05, 0) is 38.0 Å². The molecule has 0 saturated carbocycles. The Hall–Kier alpha value is -0.0800. The zero-order valence-corrected chi connectivity index (χ0v) is 13.4. The molecule has 0 aromatic heterocycles. The van der Waals surface area contributed by atoms with Gasteiger partial charge in [0, 0.05) is 31.7 Å². The molecule has 0 aromatic carbocycles. The van der Waals surface area contributed by atoms with Crippen LogP contribution < -0.4 is 5.32 Å². The van der Waals surface area contributed by atoms with Crippen molar-refractivity contribution < 1.29 is 0 Å². The van der Waals surface area contributed by atoms with Crippen molar-refractivity contribution in [3.63, 3.8) is 0 Å². The van der Waals surface area contributed by atoms with E-state index in [1.165, 1.54) is 32.4 Å². The lowest BCUT2D eigenvalue weighted by molar-refractivity contribution is 0.103. The fourth-order valence-corrected chi connectivity index (χ4v) is 2.88. The van der Waals surface area contributed by atoms with Crippen LogP contribution in [0.25, 0.3) is 0 Å². The molecule has 18 heavy (non-hydrogen) atoms. The van der Waals surface area contributed by atoms with Crippen molar-refractivity contribution in [3.8, 4) is 0 Å². The maximum Gasteiger partial charge on any atom is 0.0198 e. The van der Waals surface area contributed by atoms with Crippen LogP contribution in [0.15, 0.2) is 0 Å². The summed E-state index contributed by atoms with van der Waals surface area (Å²) in [6, 6.07) is 1.38. The molecule has 2 heteroatoms. The number of likely N-dealkylation sites (tertiary alicyclic amines) is 1. The van der Waals surface area contributed by atoms with E-state index in [0.29, 0.717) is 17.5 Å². The van der Waals surface area contributed by atoms with Crippen LogP contribution in [0, 0.1) is 11.3 Å². The molecule has 0 amide bonds. The van der Waals surface area contributed by atoms with Gasteiger partial charge >= 0.3 is 0 Å². The highest BCUT2D eigenvalue weighted by molar-refractivity contribution is 4.85. The third-order valence-corrected chi connectivity index (χ3v) is 3.91. The van der Waals surface area contributed by atoms with E-state index in [4.69, 9.17) is 0 Å². The maximum atomic E-state index is 3.79. The number of piperidine rings is 1. The van der Waals surface area contributed by atoms with Crippen LogP contribution in [0.5, 0.6) is 0 Å². The van der Waals surface area contributed by atoms with E-state index in [1.54, 1.807) is 0 Å². The summed E-state index contributed by atoms with van der Waals surface area (Å²) in [6.45, 7) is 17.6. The second kappa shape index (κ2) is 6.91. The van der Waals surface area contributed by atoms with Gasteiger partial charge in [-0.15, -0.1) is 0 Å². The van der Waals surface area contributed by atoms with E-state index in [1.807, 2.05) is 0 Å². The molecule has 1 aliphatic rings. The van der Waals surface area contributed by atoms with Gasteiger partial charge in [0.2, 0.25) is 0 Å². The summed E-state index contributed by atoms with van der Waals surface area (Å²) in [5.74, 6) is 0.892. The summed E-state index contributed by atoms with van der Waals surface area (Å²) in [5.41, 5.74) is 0.389. The van der Waals surface area contributed by atoms with E-state index in [2.05, 4.69) is 51.8 Å². The van der Waals surface area contributed by atoms with Gasteiger partial charge in [0.15, 0.2) is 0 Å². The normalized spacial score (nSPS) is 26.8. The van der Waals surface area contributed by atoms with Crippen LogP contribution in [-0.2, 0) is 0 Å². The Balaban J connectivity index is 2.50. The van der Waals surface area contributed by atoms with Gasteiger partial charge in [-0.3, -0.25) is 4.90 Å². The summed E-state index contributed by atoms with van der Waals surface area (Å²) < 4.78 is 0. The predicted octanol–water partition coefficient (Wildman–Crippen LogP) is 3.52. The summed E-state index contributed by atoms with van der Waals surface area (Å²) in [5, 5.41) is 3.79. The first-order valence-corrected chi connectivity index (χ1v) is 7.79. The number of nitrogens with one attached hydrogen (secondary N) is 1. The molecule has 1 N–H and O–H groups in total. The minimum Gasteiger partial charge on any atom is -0.312 e.